The van der Waals surface area contributed by atoms with Crippen molar-refractivity contribution >= 4 is 32.8 Å². The number of esters is 1. The van der Waals surface area contributed by atoms with Crippen LogP contribution in [0.4, 0.5) is 4.39 Å². The zero-order valence-corrected chi connectivity index (χ0v) is 10.3. The minimum absolute atomic E-state index is 0.349. The van der Waals surface area contributed by atoms with Crippen molar-refractivity contribution in [2.24, 2.45) is 0 Å². The van der Waals surface area contributed by atoms with E-state index in [2.05, 4.69) is 25.7 Å². The van der Waals surface area contributed by atoms with Crippen molar-refractivity contribution in [1.82, 2.24) is 4.98 Å². The van der Waals surface area contributed by atoms with Crippen LogP contribution < -0.4 is 0 Å². The van der Waals surface area contributed by atoms with E-state index in [9.17, 15) is 9.18 Å². The van der Waals surface area contributed by atoms with Crippen LogP contribution in [0, 0.1) is 12.7 Å². The topological polar surface area (TPSA) is 42.1 Å². The number of nitrogens with one attached hydrogen (secondary N) is 1. The average Bonchev–Trinajstić information content (AvgIpc) is 2.56. The van der Waals surface area contributed by atoms with Gasteiger partial charge in [0.25, 0.3) is 0 Å². The number of hydrogen-bond donors (Lipinski definition) is 1. The van der Waals surface area contributed by atoms with E-state index in [-0.39, 0.29) is 5.82 Å². The molecular weight excluding hydrogens is 277 g/mol. The Morgan fingerprint density at radius 1 is 1.50 bits per heavy atom. The molecule has 1 aromatic heterocycles. The van der Waals surface area contributed by atoms with E-state index >= 15 is 0 Å². The molecule has 0 unspecified atom stereocenters. The number of halogens is 2. The fourth-order valence-corrected chi connectivity index (χ4v) is 2.19. The van der Waals surface area contributed by atoms with Gasteiger partial charge in [-0.15, -0.1) is 0 Å². The SMILES string of the molecule is COC(=O)c1[nH]c2c(Br)cc(F)cc2c1C. The van der Waals surface area contributed by atoms with Crippen molar-refractivity contribution in [1.29, 1.82) is 0 Å². The summed E-state index contributed by atoms with van der Waals surface area (Å²) in [5.74, 6) is -0.807. The fraction of sp³-hybridized carbons (Fsp3) is 0.182. The number of aryl methyl sites for hydroxylation is 1. The first-order valence-corrected chi connectivity index (χ1v) is 5.39. The first-order chi connectivity index (χ1) is 7.54. The summed E-state index contributed by atoms with van der Waals surface area (Å²) in [7, 11) is 1.31. The molecular formula is C11H9BrFNO2. The van der Waals surface area contributed by atoms with Gasteiger partial charge in [0.05, 0.1) is 12.6 Å². The molecule has 2 aromatic rings. The fourth-order valence-electron chi connectivity index (χ4n) is 1.66. The Labute approximate surface area is 99.7 Å². The number of methoxy groups -OCH3 is 1. The second kappa shape index (κ2) is 3.90. The average molecular weight is 286 g/mol. The standard InChI is InChI=1S/C11H9BrFNO2/c1-5-7-3-6(13)4-8(12)10(7)14-9(5)11(15)16-2/h3-4,14H,1-2H3. The number of ether oxygens (including phenoxy) is 1. The predicted octanol–water partition coefficient (Wildman–Crippen LogP) is 3.16. The molecule has 16 heavy (non-hydrogen) atoms. The maximum atomic E-state index is 13.2. The monoisotopic (exact) mass is 285 g/mol. The molecule has 0 atom stereocenters. The molecule has 0 aliphatic heterocycles. The van der Waals surface area contributed by atoms with E-state index in [0.29, 0.717) is 26.6 Å². The number of aromatic nitrogens is 1. The summed E-state index contributed by atoms with van der Waals surface area (Å²) in [5, 5.41) is 0.673. The van der Waals surface area contributed by atoms with Crippen LogP contribution in [0.15, 0.2) is 16.6 Å². The number of benzene rings is 1. The molecule has 1 heterocycles. The molecule has 84 valence electrons. The summed E-state index contributed by atoms with van der Waals surface area (Å²) in [6.07, 6.45) is 0. The van der Waals surface area contributed by atoms with Gasteiger partial charge >= 0.3 is 5.97 Å². The van der Waals surface area contributed by atoms with Crippen molar-refractivity contribution in [3.05, 3.63) is 33.7 Å². The summed E-state index contributed by atoms with van der Waals surface area (Å²) < 4.78 is 18.4. The lowest BCUT2D eigenvalue weighted by atomic mass is 10.1. The largest absolute Gasteiger partial charge is 0.464 e. The van der Waals surface area contributed by atoms with Crippen molar-refractivity contribution in [3.63, 3.8) is 0 Å². The van der Waals surface area contributed by atoms with Gasteiger partial charge in [0.15, 0.2) is 0 Å². The van der Waals surface area contributed by atoms with Crippen LogP contribution in [-0.2, 0) is 4.74 Å². The first-order valence-electron chi connectivity index (χ1n) is 4.60. The van der Waals surface area contributed by atoms with Gasteiger partial charge in [0.2, 0.25) is 0 Å². The van der Waals surface area contributed by atoms with Gasteiger partial charge in [-0.2, -0.15) is 0 Å². The number of rotatable bonds is 1. The molecule has 1 aromatic carbocycles. The Bertz CT molecular complexity index is 577. The Balaban J connectivity index is 2.77. The molecule has 0 radical (unpaired) electrons. The maximum Gasteiger partial charge on any atom is 0.354 e. The molecule has 0 bridgehead atoms. The first kappa shape index (κ1) is 11.1. The lowest BCUT2D eigenvalue weighted by Gasteiger charge is -1.96. The van der Waals surface area contributed by atoms with Gasteiger partial charge in [0, 0.05) is 9.86 Å². The molecule has 0 saturated heterocycles. The van der Waals surface area contributed by atoms with Gasteiger partial charge in [0.1, 0.15) is 11.5 Å². The molecule has 5 heteroatoms. The van der Waals surface area contributed by atoms with Crippen LogP contribution in [0.5, 0.6) is 0 Å². The molecule has 0 aliphatic carbocycles. The highest BCUT2D eigenvalue weighted by atomic mass is 79.9. The highest BCUT2D eigenvalue weighted by molar-refractivity contribution is 9.10. The lowest BCUT2D eigenvalue weighted by molar-refractivity contribution is 0.0594. The number of carbonyl (C=O) groups excluding carboxylic acids is 1. The van der Waals surface area contributed by atoms with Crippen LogP contribution in [0.25, 0.3) is 10.9 Å². The summed E-state index contributed by atoms with van der Waals surface area (Å²) >= 11 is 3.24. The highest BCUT2D eigenvalue weighted by Crippen LogP contribution is 2.29. The molecule has 0 spiro atoms. The third-order valence-corrected chi connectivity index (χ3v) is 3.10. The van der Waals surface area contributed by atoms with Crippen LogP contribution in [0.3, 0.4) is 0 Å². The third kappa shape index (κ3) is 1.61. The van der Waals surface area contributed by atoms with E-state index in [4.69, 9.17) is 0 Å². The molecule has 3 nitrogen and oxygen atoms in total. The second-order valence-corrected chi connectivity index (χ2v) is 4.28. The van der Waals surface area contributed by atoms with Crippen molar-refractivity contribution in [2.75, 3.05) is 7.11 Å². The Kier molecular flexibility index (Phi) is 2.71. The molecule has 0 saturated carbocycles. The molecule has 1 N–H and O–H groups in total. The lowest BCUT2D eigenvalue weighted by Crippen LogP contribution is -2.02. The van der Waals surface area contributed by atoms with Gasteiger partial charge in [-0.25, -0.2) is 9.18 Å². The Hall–Kier alpha value is -1.36. The van der Waals surface area contributed by atoms with Gasteiger partial charge in [-0.3, -0.25) is 0 Å². The van der Waals surface area contributed by atoms with Gasteiger partial charge in [-0.1, -0.05) is 0 Å². The zero-order chi connectivity index (χ0) is 11.9. The number of fused-ring (bicyclic) bond motifs is 1. The summed E-state index contributed by atoms with van der Waals surface area (Å²) in [4.78, 5) is 14.4. The molecule has 2 rings (SSSR count). The summed E-state index contributed by atoms with van der Waals surface area (Å²) in [5.41, 5.74) is 1.73. The predicted molar refractivity (Wildman–Crippen MR) is 62.0 cm³/mol. The Morgan fingerprint density at radius 2 is 2.19 bits per heavy atom. The smallest absolute Gasteiger partial charge is 0.354 e. The van der Waals surface area contributed by atoms with Crippen LogP contribution in [0.1, 0.15) is 16.1 Å². The van der Waals surface area contributed by atoms with E-state index in [1.165, 1.54) is 19.2 Å². The molecule has 0 aliphatic rings. The Morgan fingerprint density at radius 3 is 2.81 bits per heavy atom. The van der Waals surface area contributed by atoms with Crippen molar-refractivity contribution in [3.8, 4) is 0 Å². The number of hydrogen-bond acceptors (Lipinski definition) is 2. The highest BCUT2D eigenvalue weighted by Gasteiger charge is 2.17. The number of aromatic amines is 1. The van der Waals surface area contributed by atoms with Crippen LogP contribution in [0.2, 0.25) is 0 Å². The minimum Gasteiger partial charge on any atom is -0.464 e. The third-order valence-electron chi connectivity index (χ3n) is 2.47. The van der Waals surface area contributed by atoms with Gasteiger partial charge in [-0.05, 0) is 40.5 Å². The van der Waals surface area contributed by atoms with E-state index in [1.54, 1.807) is 6.92 Å². The minimum atomic E-state index is -0.457. The normalized spacial score (nSPS) is 10.8. The number of carbonyl (C=O) groups is 1. The summed E-state index contributed by atoms with van der Waals surface area (Å²) in [6, 6.07) is 2.73. The van der Waals surface area contributed by atoms with Gasteiger partial charge < -0.3 is 9.72 Å². The molecule has 0 fully saturated rings. The number of H-pyrrole nitrogens is 1. The van der Waals surface area contributed by atoms with E-state index in [0.717, 1.165) is 0 Å². The maximum absolute atomic E-state index is 13.2. The zero-order valence-electron chi connectivity index (χ0n) is 8.73. The molecule has 0 amide bonds. The van der Waals surface area contributed by atoms with Crippen LogP contribution >= 0.6 is 15.9 Å². The van der Waals surface area contributed by atoms with Crippen molar-refractivity contribution in [2.45, 2.75) is 6.92 Å². The van der Waals surface area contributed by atoms with Crippen LogP contribution in [-0.4, -0.2) is 18.1 Å². The summed E-state index contributed by atoms with van der Waals surface area (Å²) in [6.45, 7) is 1.75. The van der Waals surface area contributed by atoms with Crippen molar-refractivity contribution < 1.29 is 13.9 Å². The van der Waals surface area contributed by atoms with E-state index in [1.807, 2.05) is 0 Å². The second-order valence-electron chi connectivity index (χ2n) is 3.43. The van der Waals surface area contributed by atoms with E-state index < -0.39 is 5.97 Å². The quantitative estimate of drug-likeness (QED) is 0.818.